The van der Waals surface area contributed by atoms with Crippen molar-refractivity contribution >= 4 is 18.0 Å². The van der Waals surface area contributed by atoms with E-state index in [1.54, 1.807) is 0 Å². The lowest BCUT2D eigenvalue weighted by Gasteiger charge is -2.23. The number of carbonyl (C=O) groups excluding carboxylic acids is 2. The zero-order valence-corrected chi connectivity index (χ0v) is 8.65. The molecule has 1 aliphatic heterocycles. The van der Waals surface area contributed by atoms with Crippen molar-refractivity contribution in [1.82, 2.24) is 4.90 Å². The van der Waals surface area contributed by atoms with Gasteiger partial charge in [-0.25, -0.2) is 14.5 Å². The minimum atomic E-state index is -1.61. The Morgan fingerprint density at radius 1 is 1.47 bits per heavy atom. The summed E-state index contributed by atoms with van der Waals surface area (Å²) in [5.41, 5.74) is -1.61. The Labute approximate surface area is 86.8 Å². The van der Waals surface area contributed by atoms with Gasteiger partial charge in [0.15, 0.2) is 0 Å². The Kier molecular flexibility index (Phi) is 2.97. The van der Waals surface area contributed by atoms with Gasteiger partial charge < -0.3 is 9.84 Å². The lowest BCUT2D eigenvalue weighted by molar-refractivity contribution is -0.156. The van der Waals surface area contributed by atoms with Crippen molar-refractivity contribution in [3.8, 4) is 0 Å². The molecule has 1 fully saturated rings. The van der Waals surface area contributed by atoms with Crippen LogP contribution in [0.1, 0.15) is 26.7 Å². The number of carboxylic acids is 1. The SMILES string of the molecule is CC(C)(OC(=O)N1CCCC1=O)C(=O)O. The molecule has 0 aromatic carbocycles. The molecule has 0 unspecified atom stereocenters. The maximum atomic E-state index is 11.4. The third-order valence-corrected chi connectivity index (χ3v) is 2.15. The standard InChI is InChI=1S/C9H13NO5/c1-9(2,7(12)13)15-8(14)10-5-3-4-6(10)11/h3-5H2,1-2H3,(H,12,13). The number of nitrogens with zero attached hydrogens (tertiary/aromatic N) is 1. The van der Waals surface area contributed by atoms with Crippen LogP contribution in [0.2, 0.25) is 0 Å². The molecule has 0 aliphatic carbocycles. The van der Waals surface area contributed by atoms with Gasteiger partial charge in [0, 0.05) is 13.0 Å². The summed E-state index contributed by atoms with van der Waals surface area (Å²) < 4.78 is 4.72. The highest BCUT2D eigenvalue weighted by Crippen LogP contribution is 2.16. The van der Waals surface area contributed by atoms with Crippen LogP contribution in [0.25, 0.3) is 0 Å². The number of aliphatic carboxylic acids is 1. The van der Waals surface area contributed by atoms with Crippen molar-refractivity contribution in [3.05, 3.63) is 0 Å². The van der Waals surface area contributed by atoms with Gasteiger partial charge in [-0.3, -0.25) is 4.79 Å². The first-order valence-electron chi connectivity index (χ1n) is 4.61. The van der Waals surface area contributed by atoms with Crippen LogP contribution in [0.3, 0.4) is 0 Å². The summed E-state index contributed by atoms with van der Waals surface area (Å²) in [5.74, 6) is -1.57. The molecule has 0 radical (unpaired) electrons. The minimum absolute atomic E-state index is 0.299. The van der Waals surface area contributed by atoms with E-state index in [1.807, 2.05) is 0 Å². The predicted molar refractivity (Wildman–Crippen MR) is 49.1 cm³/mol. The van der Waals surface area contributed by atoms with Crippen LogP contribution in [-0.2, 0) is 14.3 Å². The molecule has 15 heavy (non-hydrogen) atoms. The smallest absolute Gasteiger partial charge is 0.417 e. The maximum absolute atomic E-state index is 11.4. The monoisotopic (exact) mass is 215 g/mol. The molecule has 0 aromatic rings. The molecule has 2 amide bonds. The topological polar surface area (TPSA) is 83.9 Å². The van der Waals surface area contributed by atoms with Crippen LogP contribution in [0.5, 0.6) is 0 Å². The molecule has 1 rings (SSSR count). The molecule has 0 aromatic heterocycles. The first-order valence-corrected chi connectivity index (χ1v) is 4.61. The summed E-state index contributed by atoms with van der Waals surface area (Å²) in [6.07, 6.45) is 0.0224. The molecule has 1 N–H and O–H groups in total. The Morgan fingerprint density at radius 2 is 2.07 bits per heavy atom. The third kappa shape index (κ3) is 2.45. The highest BCUT2D eigenvalue weighted by atomic mass is 16.6. The number of rotatable bonds is 2. The Morgan fingerprint density at radius 3 is 2.47 bits per heavy atom. The van der Waals surface area contributed by atoms with Crippen molar-refractivity contribution in [1.29, 1.82) is 0 Å². The zero-order chi connectivity index (χ0) is 11.6. The van der Waals surface area contributed by atoms with Gasteiger partial charge in [-0.05, 0) is 20.3 Å². The number of carbonyl (C=O) groups is 3. The second kappa shape index (κ2) is 3.88. The fraction of sp³-hybridized carbons (Fsp3) is 0.667. The summed E-state index contributed by atoms with van der Waals surface area (Å²) in [7, 11) is 0. The third-order valence-electron chi connectivity index (χ3n) is 2.15. The van der Waals surface area contributed by atoms with Gasteiger partial charge in [0.2, 0.25) is 11.5 Å². The largest absolute Gasteiger partial charge is 0.478 e. The fourth-order valence-electron chi connectivity index (χ4n) is 1.16. The number of amides is 2. The molecule has 0 saturated carbocycles. The van der Waals surface area contributed by atoms with Crippen molar-refractivity contribution in [2.24, 2.45) is 0 Å². The molecule has 6 heteroatoms. The van der Waals surface area contributed by atoms with E-state index in [1.165, 1.54) is 13.8 Å². The van der Waals surface area contributed by atoms with Crippen LogP contribution in [0.4, 0.5) is 4.79 Å². The summed E-state index contributed by atoms with van der Waals surface area (Å²) >= 11 is 0. The number of likely N-dealkylation sites (tertiary alicyclic amines) is 1. The fourth-order valence-corrected chi connectivity index (χ4v) is 1.16. The molecule has 1 saturated heterocycles. The second-order valence-electron chi connectivity index (χ2n) is 3.83. The van der Waals surface area contributed by atoms with E-state index in [4.69, 9.17) is 9.84 Å². The highest BCUT2D eigenvalue weighted by Gasteiger charge is 2.36. The lowest BCUT2D eigenvalue weighted by atomic mass is 10.1. The molecule has 0 bridgehead atoms. The molecular formula is C9H13NO5. The van der Waals surface area contributed by atoms with Gasteiger partial charge in [-0.2, -0.15) is 0 Å². The first kappa shape index (κ1) is 11.5. The first-order chi connectivity index (χ1) is 6.84. The lowest BCUT2D eigenvalue weighted by Crippen LogP contribution is -2.43. The Hall–Kier alpha value is -1.59. The van der Waals surface area contributed by atoms with Crippen LogP contribution in [0.15, 0.2) is 0 Å². The van der Waals surface area contributed by atoms with E-state index in [-0.39, 0.29) is 5.91 Å². The van der Waals surface area contributed by atoms with Crippen molar-refractivity contribution in [2.45, 2.75) is 32.3 Å². The zero-order valence-electron chi connectivity index (χ0n) is 8.65. The second-order valence-corrected chi connectivity index (χ2v) is 3.83. The van der Waals surface area contributed by atoms with Crippen LogP contribution < -0.4 is 0 Å². The number of imide groups is 1. The molecule has 6 nitrogen and oxygen atoms in total. The van der Waals surface area contributed by atoms with Gasteiger partial charge in [0.25, 0.3) is 0 Å². The van der Waals surface area contributed by atoms with E-state index >= 15 is 0 Å². The van der Waals surface area contributed by atoms with Crippen molar-refractivity contribution in [2.75, 3.05) is 6.54 Å². The summed E-state index contributed by atoms with van der Waals surface area (Å²) in [6, 6.07) is 0. The van der Waals surface area contributed by atoms with Gasteiger partial charge in [0.05, 0.1) is 0 Å². The molecule has 84 valence electrons. The van der Waals surface area contributed by atoms with E-state index in [0.717, 1.165) is 4.90 Å². The molecular weight excluding hydrogens is 202 g/mol. The summed E-state index contributed by atoms with van der Waals surface area (Å²) in [6.45, 7) is 2.81. The van der Waals surface area contributed by atoms with Gasteiger partial charge in [0.1, 0.15) is 0 Å². The average Bonchev–Trinajstić information content (AvgIpc) is 2.50. The molecule has 1 aliphatic rings. The maximum Gasteiger partial charge on any atom is 0.417 e. The van der Waals surface area contributed by atoms with Crippen LogP contribution in [0, 0.1) is 0 Å². The molecule has 0 atom stereocenters. The number of hydrogen-bond donors (Lipinski definition) is 1. The van der Waals surface area contributed by atoms with Crippen molar-refractivity contribution in [3.63, 3.8) is 0 Å². The summed E-state index contributed by atoms with van der Waals surface area (Å²) in [4.78, 5) is 34.2. The quantitative estimate of drug-likeness (QED) is 0.729. The van der Waals surface area contributed by atoms with Crippen LogP contribution in [-0.4, -0.2) is 40.1 Å². The Bertz CT molecular complexity index is 310. The Balaban J connectivity index is 2.63. The van der Waals surface area contributed by atoms with Gasteiger partial charge in [-0.15, -0.1) is 0 Å². The minimum Gasteiger partial charge on any atom is -0.478 e. The highest BCUT2D eigenvalue weighted by molar-refractivity contribution is 5.94. The predicted octanol–water partition coefficient (Wildman–Crippen LogP) is 0.609. The van der Waals surface area contributed by atoms with E-state index < -0.39 is 17.7 Å². The normalized spacial score (nSPS) is 16.7. The van der Waals surface area contributed by atoms with Crippen molar-refractivity contribution < 1.29 is 24.2 Å². The molecule has 0 spiro atoms. The molecule has 1 heterocycles. The van der Waals surface area contributed by atoms with E-state index in [9.17, 15) is 14.4 Å². The van der Waals surface area contributed by atoms with Gasteiger partial charge in [-0.1, -0.05) is 0 Å². The average molecular weight is 215 g/mol. The van der Waals surface area contributed by atoms with E-state index in [2.05, 4.69) is 0 Å². The van der Waals surface area contributed by atoms with Crippen LogP contribution >= 0.6 is 0 Å². The number of carboxylic acid groups (broad SMARTS) is 1. The summed E-state index contributed by atoms with van der Waals surface area (Å²) in [5, 5.41) is 8.72. The number of hydrogen-bond acceptors (Lipinski definition) is 4. The van der Waals surface area contributed by atoms with Gasteiger partial charge >= 0.3 is 12.1 Å². The van der Waals surface area contributed by atoms with E-state index in [0.29, 0.717) is 19.4 Å². The number of ether oxygens (including phenoxy) is 1.